The van der Waals surface area contributed by atoms with Gasteiger partial charge in [-0.25, -0.2) is 4.79 Å². The Kier molecular flexibility index (Phi) is 5.71. The molecule has 0 aromatic rings. The lowest BCUT2D eigenvalue weighted by atomic mass is 9.88. The van der Waals surface area contributed by atoms with Crippen molar-refractivity contribution in [1.82, 2.24) is 15.5 Å². The largest absolute Gasteiger partial charge is 0.444 e. The molecule has 0 radical (unpaired) electrons. The minimum Gasteiger partial charge on any atom is -0.444 e. The third kappa shape index (κ3) is 5.33. The molecule has 25 heavy (non-hydrogen) atoms. The first-order valence-electron chi connectivity index (χ1n) is 9.56. The van der Waals surface area contributed by atoms with E-state index in [9.17, 15) is 9.59 Å². The highest BCUT2D eigenvalue weighted by atomic mass is 16.6. The van der Waals surface area contributed by atoms with E-state index in [2.05, 4.69) is 36.3 Å². The summed E-state index contributed by atoms with van der Waals surface area (Å²) in [4.78, 5) is 27.3. The average molecular weight is 354 g/mol. The fraction of sp³-hybridized carbons (Fsp3) is 0.895. The maximum absolute atomic E-state index is 12.8. The van der Waals surface area contributed by atoms with Gasteiger partial charge in [0.2, 0.25) is 5.91 Å². The Hall–Kier alpha value is -1.30. The molecule has 0 aromatic carbocycles. The van der Waals surface area contributed by atoms with Gasteiger partial charge in [-0.05, 0) is 66.7 Å². The minimum absolute atomic E-state index is 0.0714. The molecule has 6 nitrogen and oxygen atoms in total. The summed E-state index contributed by atoms with van der Waals surface area (Å²) in [6.07, 6.45) is 3.85. The number of nitrogens with zero attached hydrogens (tertiary/aromatic N) is 1. The second kappa shape index (κ2) is 7.14. The molecule has 0 aromatic heterocycles. The standard InChI is InChI=1S/C19H35N3O3/c1-7-14(2)22-12-10-18(6,11-13-22)20-15(23)19(8-9-19)21-16(24)25-17(3,4)5/h14H,7-13H2,1-6H3,(H,20,23)(H,21,24). The zero-order valence-corrected chi connectivity index (χ0v) is 16.7. The Morgan fingerprint density at radius 2 is 1.68 bits per heavy atom. The van der Waals surface area contributed by atoms with Crippen molar-refractivity contribution in [3.05, 3.63) is 0 Å². The summed E-state index contributed by atoms with van der Waals surface area (Å²) in [6, 6.07) is 0.587. The van der Waals surface area contributed by atoms with E-state index in [1.165, 1.54) is 0 Å². The lowest BCUT2D eigenvalue weighted by Gasteiger charge is -2.42. The van der Waals surface area contributed by atoms with Crippen LogP contribution in [0.2, 0.25) is 0 Å². The number of hydrogen-bond donors (Lipinski definition) is 2. The van der Waals surface area contributed by atoms with E-state index < -0.39 is 17.2 Å². The molecular weight excluding hydrogens is 318 g/mol. The van der Waals surface area contributed by atoms with Crippen LogP contribution in [0.25, 0.3) is 0 Å². The van der Waals surface area contributed by atoms with Crippen LogP contribution in [0.4, 0.5) is 4.79 Å². The van der Waals surface area contributed by atoms with Crippen LogP contribution in [0.3, 0.4) is 0 Å². The maximum atomic E-state index is 12.8. The molecule has 2 fully saturated rings. The first-order valence-corrected chi connectivity index (χ1v) is 9.56. The Balaban J connectivity index is 1.88. The van der Waals surface area contributed by atoms with Gasteiger partial charge in [-0.3, -0.25) is 4.79 Å². The van der Waals surface area contributed by atoms with Gasteiger partial charge in [-0.2, -0.15) is 0 Å². The summed E-state index contributed by atoms with van der Waals surface area (Å²) in [6.45, 7) is 14.0. The van der Waals surface area contributed by atoms with E-state index in [1.54, 1.807) is 0 Å². The molecule has 1 unspecified atom stereocenters. The lowest BCUT2D eigenvalue weighted by Crippen LogP contribution is -2.59. The molecule has 2 amide bonds. The highest BCUT2D eigenvalue weighted by Gasteiger charge is 2.53. The normalized spacial score (nSPS) is 23.4. The number of likely N-dealkylation sites (tertiary alicyclic amines) is 1. The lowest BCUT2D eigenvalue weighted by molar-refractivity contribution is -0.126. The zero-order valence-electron chi connectivity index (χ0n) is 16.7. The van der Waals surface area contributed by atoms with Gasteiger partial charge in [0.25, 0.3) is 0 Å². The topological polar surface area (TPSA) is 70.7 Å². The Labute approximate surface area is 152 Å². The molecule has 1 aliphatic carbocycles. The van der Waals surface area contributed by atoms with Crippen LogP contribution in [0.5, 0.6) is 0 Å². The number of carbonyl (C=O) groups excluding carboxylic acids is 2. The summed E-state index contributed by atoms with van der Waals surface area (Å²) < 4.78 is 5.29. The van der Waals surface area contributed by atoms with Gasteiger partial charge in [0.1, 0.15) is 11.1 Å². The smallest absolute Gasteiger partial charge is 0.408 e. The average Bonchev–Trinajstić information content (AvgIpc) is 3.25. The van der Waals surface area contributed by atoms with E-state index in [1.807, 2.05) is 20.8 Å². The Bertz CT molecular complexity index is 501. The van der Waals surface area contributed by atoms with Crippen LogP contribution in [0.15, 0.2) is 0 Å². The summed E-state index contributed by atoms with van der Waals surface area (Å²) in [5.74, 6) is -0.0714. The molecule has 2 aliphatic rings. The van der Waals surface area contributed by atoms with E-state index in [4.69, 9.17) is 4.74 Å². The molecule has 6 heteroatoms. The van der Waals surface area contributed by atoms with Crippen molar-refractivity contribution in [2.45, 2.75) is 96.4 Å². The second-order valence-electron chi connectivity index (χ2n) is 9.02. The van der Waals surface area contributed by atoms with Crippen molar-refractivity contribution < 1.29 is 14.3 Å². The number of piperidine rings is 1. The fourth-order valence-corrected chi connectivity index (χ4v) is 3.27. The highest BCUT2D eigenvalue weighted by Crippen LogP contribution is 2.37. The van der Waals surface area contributed by atoms with Crippen molar-refractivity contribution >= 4 is 12.0 Å². The molecule has 0 bridgehead atoms. The Morgan fingerprint density at radius 1 is 1.12 bits per heavy atom. The van der Waals surface area contributed by atoms with Crippen LogP contribution >= 0.6 is 0 Å². The van der Waals surface area contributed by atoms with Crippen LogP contribution in [-0.4, -0.2) is 52.7 Å². The molecule has 2 rings (SSSR count). The number of nitrogens with one attached hydrogen (secondary N) is 2. The molecular formula is C19H35N3O3. The molecule has 1 heterocycles. The molecule has 1 aliphatic heterocycles. The quantitative estimate of drug-likeness (QED) is 0.797. The van der Waals surface area contributed by atoms with Gasteiger partial charge in [-0.1, -0.05) is 6.92 Å². The maximum Gasteiger partial charge on any atom is 0.408 e. The third-order valence-electron chi connectivity index (χ3n) is 5.46. The second-order valence-corrected chi connectivity index (χ2v) is 9.02. The number of hydrogen-bond acceptors (Lipinski definition) is 4. The summed E-state index contributed by atoms with van der Waals surface area (Å²) >= 11 is 0. The summed E-state index contributed by atoms with van der Waals surface area (Å²) in [5, 5.41) is 5.99. The summed E-state index contributed by atoms with van der Waals surface area (Å²) in [5.41, 5.74) is -1.54. The predicted octanol–water partition coefficient (Wildman–Crippen LogP) is 2.81. The van der Waals surface area contributed by atoms with E-state index >= 15 is 0 Å². The highest BCUT2D eigenvalue weighted by molar-refractivity contribution is 5.93. The van der Waals surface area contributed by atoms with Gasteiger partial charge < -0.3 is 20.3 Å². The molecule has 1 atom stereocenters. The molecule has 1 saturated carbocycles. The van der Waals surface area contributed by atoms with Crippen molar-refractivity contribution in [1.29, 1.82) is 0 Å². The zero-order chi connectivity index (χ0) is 18.9. The van der Waals surface area contributed by atoms with Gasteiger partial charge >= 0.3 is 6.09 Å². The van der Waals surface area contributed by atoms with Crippen molar-refractivity contribution in [2.75, 3.05) is 13.1 Å². The SMILES string of the molecule is CCC(C)N1CCC(C)(NC(=O)C2(NC(=O)OC(C)(C)C)CC2)CC1. The van der Waals surface area contributed by atoms with E-state index in [-0.39, 0.29) is 11.4 Å². The number of carbonyl (C=O) groups is 2. The number of amides is 2. The monoisotopic (exact) mass is 353 g/mol. The van der Waals surface area contributed by atoms with E-state index in [0.717, 1.165) is 32.4 Å². The van der Waals surface area contributed by atoms with Crippen molar-refractivity contribution in [3.8, 4) is 0 Å². The number of alkyl carbamates (subject to hydrolysis) is 1. The van der Waals surface area contributed by atoms with Crippen molar-refractivity contribution in [3.63, 3.8) is 0 Å². The minimum atomic E-state index is -0.779. The molecule has 2 N–H and O–H groups in total. The molecule has 0 spiro atoms. The van der Waals surface area contributed by atoms with Crippen LogP contribution in [0.1, 0.15) is 73.6 Å². The van der Waals surface area contributed by atoms with Gasteiger partial charge in [0.05, 0.1) is 0 Å². The van der Waals surface area contributed by atoms with Crippen LogP contribution < -0.4 is 10.6 Å². The van der Waals surface area contributed by atoms with E-state index in [0.29, 0.717) is 18.9 Å². The predicted molar refractivity (Wildman–Crippen MR) is 98.4 cm³/mol. The van der Waals surface area contributed by atoms with Crippen LogP contribution in [-0.2, 0) is 9.53 Å². The summed E-state index contributed by atoms with van der Waals surface area (Å²) in [7, 11) is 0. The fourth-order valence-electron chi connectivity index (χ4n) is 3.27. The van der Waals surface area contributed by atoms with Gasteiger partial charge in [0, 0.05) is 24.7 Å². The Morgan fingerprint density at radius 3 is 2.12 bits per heavy atom. The first kappa shape index (κ1) is 20.0. The molecule has 144 valence electrons. The number of rotatable bonds is 5. The first-order chi connectivity index (χ1) is 11.5. The van der Waals surface area contributed by atoms with Gasteiger partial charge in [-0.15, -0.1) is 0 Å². The van der Waals surface area contributed by atoms with Crippen LogP contribution in [0, 0.1) is 0 Å². The number of ether oxygens (including phenoxy) is 1. The van der Waals surface area contributed by atoms with Gasteiger partial charge in [0.15, 0.2) is 0 Å². The third-order valence-corrected chi connectivity index (χ3v) is 5.46. The van der Waals surface area contributed by atoms with Crippen molar-refractivity contribution in [2.24, 2.45) is 0 Å². The molecule has 1 saturated heterocycles.